The highest BCUT2D eigenvalue weighted by molar-refractivity contribution is 5.95. The van der Waals surface area contributed by atoms with Crippen molar-refractivity contribution in [3.8, 4) is 0 Å². The van der Waals surface area contributed by atoms with Crippen LogP contribution in [0.5, 0.6) is 0 Å². The third-order valence-electron chi connectivity index (χ3n) is 3.84. The lowest BCUT2D eigenvalue weighted by Gasteiger charge is -2.29. The SMILES string of the molecule is CCN(C(=O)c1cnn(C)c1C)C1COCC1C(=O)O. The van der Waals surface area contributed by atoms with Gasteiger partial charge >= 0.3 is 5.97 Å². The van der Waals surface area contributed by atoms with Crippen molar-refractivity contribution in [1.29, 1.82) is 0 Å². The fraction of sp³-hybridized carbons (Fsp3) is 0.615. The number of amides is 1. The number of likely N-dealkylation sites (N-methyl/N-ethyl adjacent to an activating group) is 1. The molecule has 2 atom stereocenters. The van der Waals surface area contributed by atoms with E-state index >= 15 is 0 Å². The standard InChI is InChI=1S/C13H19N3O4/c1-4-16(11-7-20-6-10(11)13(18)19)12(17)9-5-14-15(3)8(9)2/h5,10-11H,4,6-7H2,1-3H3,(H,18,19). The van der Waals surface area contributed by atoms with Gasteiger partial charge in [0.15, 0.2) is 0 Å². The van der Waals surface area contributed by atoms with Crippen LogP contribution in [-0.2, 0) is 16.6 Å². The van der Waals surface area contributed by atoms with E-state index in [4.69, 9.17) is 4.74 Å². The highest BCUT2D eigenvalue weighted by Crippen LogP contribution is 2.22. The van der Waals surface area contributed by atoms with Crippen molar-refractivity contribution in [3.05, 3.63) is 17.5 Å². The Morgan fingerprint density at radius 1 is 1.55 bits per heavy atom. The molecule has 1 N–H and O–H groups in total. The molecule has 1 aliphatic heterocycles. The van der Waals surface area contributed by atoms with Gasteiger partial charge in [0.05, 0.1) is 31.0 Å². The van der Waals surface area contributed by atoms with Crippen LogP contribution in [0.15, 0.2) is 6.20 Å². The van der Waals surface area contributed by atoms with Gasteiger partial charge in [-0.05, 0) is 13.8 Å². The number of aromatic nitrogens is 2. The molecular weight excluding hydrogens is 262 g/mol. The van der Waals surface area contributed by atoms with Crippen molar-refractivity contribution in [3.63, 3.8) is 0 Å². The van der Waals surface area contributed by atoms with Gasteiger partial charge in [0.25, 0.3) is 5.91 Å². The molecule has 1 aromatic heterocycles. The van der Waals surface area contributed by atoms with Gasteiger partial charge in [-0.1, -0.05) is 0 Å². The summed E-state index contributed by atoms with van der Waals surface area (Å²) in [5.41, 5.74) is 1.27. The summed E-state index contributed by atoms with van der Waals surface area (Å²) < 4.78 is 6.87. The fourth-order valence-corrected chi connectivity index (χ4v) is 2.48. The molecule has 0 aliphatic carbocycles. The van der Waals surface area contributed by atoms with E-state index in [0.717, 1.165) is 5.69 Å². The topological polar surface area (TPSA) is 84.7 Å². The molecule has 1 amide bonds. The van der Waals surface area contributed by atoms with Crippen LogP contribution >= 0.6 is 0 Å². The van der Waals surface area contributed by atoms with E-state index in [2.05, 4.69) is 5.10 Å². The summed E-state index contributed by atoms with van der Waals surface area (Å²) in [6.45, 7) is 4.49. The lowest BCUT2D eigenvalue weighted by Crippen LogP contribution is -2.46. The van der Waals surface area contributed by atoms with Crippen molar-refractivity contribution in [2.75, 3.05) is 19.8 Å². The molecule has 0 radical (unpaired) electrons. The molecule has 0 bridgehead atoms. The van der Waals surface area contributed by atoms with Crippen LogP contribution < -0.4 is 0 Å². The van der Waals surface area contributed by atoms with Gasteiger partial charge in [-0.3, -0.25) is 14.3 Å². The number of carbonyl (C=O) groups is 2. The Balaban J connectivity index is 2.26. The smallest absolute Gasteiger partial charge is 0.311 e. The van der Waals surface area contributed by atoms with Crippen molar-refractivity contribution in [2.45, 2.75) is 19.9 Å². The van der Waals surface area contributed by atoms with Crippen molar-refractivity contribution in [2.24, 2.45) is 13.0 Å². The number of nitrogens with zero attached hydrogens (tertiary/aromatic N) is 3. The highest BCUT2D eigenvalue weighted by atomic mass is 16.5. The second kappa shape index (κ2) is 5.62. The third-order valence-corrected chi connectivity index (χ3v) is 3.84. The van der Waals surface area contributed by atoms with E-state index < -0.39 is 17.9 Å². The Kier molecular flexibility index (Phi) is 4.08. The Hall–Kier alpha value is -1.89. The molecule has 110 valence electrons. The van der Waals surface area contributed by atoms with Crippen LogP contribution in [0.25, 0.3) is 0 Å². The van der Waals surface area contributed by atoms with Gasteiger partial charge in [-0.25, -0.2) is 0 Å². The first-order valence-corrected chi connectivity index (χ1v) is 6.57. The Labute approximate surface area is 117 Å². The molecule has 1 aromatic rings. The number of aryl methyl sites for hydroxylation is 1. The minimum atomic E-state index is -0.929. The summed E-state index contributed by atoms with van der Waals surface area (Å²) in [7, 11) is 1.77. The predicted octanol–water partition coefficient (Wildman–Crippen LogP) is 0.290. The predicted molar refractivity (Wildman–Crippen MR) is 70.4 cm³/mol. The van der Waals surface area contributed by atoms with Crippen molar-refractivity contribution < 1.29 is 19.4 Å². The van der Waals surface area contributed by atoms with Gasteiger partial charge in [-0.2, -0.15) is 5.10 Å². The minimum Gasteiger partial charge on any atom is -0.481 e. The lowest BCUT2D eigenvalue weighted by atomic mass is 10.0. The van der Waals surface area contributed by atoms with Gasteiger partial charge in [0.2, 0.25) is 0 Å². The molecule has 0 spiro atoms. The molecule has 2 heterocycles. The van der Waals surface area contributed by atoms with Crippen molar-refractivity contribution in [1.82, 2.24) is 14.7 Å². The average Bonchev–Trinajstić information content (AvgIpc) is 2.99. The van der Waals surface area contributed by atoms with E-state index in [1.165, 1.54) is 6.20 Å². The quantitative estimate of drug-likeness (QED) is 0.857. The molecule has 1 aliphatic rings. The number of hydrogen-bond acceptors (Lipinski definition) is 4. The summed E-state index contributed by atoms with van der Waals surface area (Å²) in [5.74, 6) is -1.79. The summed E-state index contributed by atoms with van der Waals surface area (Å²) >= 11 is 0. The van der Waals surface area contributed by atoms with Crippen LogP contribution in [0.3, 0.4) is 0 Å². The van der Waals surface area contributed by atoms with Crippen molar-refractivity contribution >= 4 is 11.9 Å². The summed E-state index contributed by atoms with van der Waals surface area (Å²) in [4.78, 5) is 25.4. The van der Waals surface area contributed by atoms with Crippen LogP contribution in [0.1, 0.15) is 23.0 Å². The monoisotopic (exact) mass is 281 g/mol. The van der Waals surface area contributed by atoms with Crippen LogP contribution in [0, 0.1) is 12.8 Å². The number of carbonyl (C=O) groups excluding carboxylic acids is 1. The Morgan fingerprint density at radius 2 is 2.25 bits per heavy atom. The number of carboxylic acid groups (broad SMARTS) is 1. The molecule has 20 heavy (non-hydrogen) atoms. The van der Waals surface area contributed by atoms with Crippen LogP contribution in [0.2, 0.25) is 0 Å². The van der Waals surface area contributed by atoms with E-state index in [1.54, 1.807) is 16.6 Å². The van der Waals surface area contributed by atoms with Crippen LogP contribution in [0.4, 0.5) is 0 Å². The number of carboxylic acids is 1. The molecule has 2 unspecified atom stereocenters. The number of rotatable bonds is 4. The maximum absolute atomic E-state index is 12.6. The first-order chi connectivity index (χ1) is 9.47. The zero-order valence-electron chi connectivity index (χ0n) is 11.9. The third kappa shape index (κ3) is 2.40. The van der Waals surface area contributed by atoms with Crippen LogP contribution in [-0.4, -0.2) is 57.5 Å². The summed E-state index contributed by atoms with van der Waals surface area (Å²) in [6, 6.07) is -0.426. The minimum absolute atomic E-state index is 0.149. The van der Waals surface area contributed by atoms with E-state index in [0.29, 0.717) is 12.1 Å². The number of aliphatic carboxylic acids is 1. The largest absolute Gasteiger partial charge is 0.481 e. The fourth-order valence-electron chi connectivity index (χ4n) is 2.48. The normalized spacial score (nSPS) is 21.9. The van der Waals surface area contributed by atoms with Gasteiger partial charge in [0, 0.05) is 19.3 Å². The van der Waals surface area contributed by atoms with Gasteiger partial charge in [0.1, 0.15) is 5.92 Å². The second-order valence-corrected chi connectivity index (χ2v) is 4.91. The Bertz CT molecular complexity index is 526. The maximum atomic E-state index is 12.6. The first-order valence-electron chi connectivity index (χ1n) is 6.57. The highest BCUT2D eigenvalue weighted by Gasteiger charge is 2.40. The Morgan fingerprint density at radius 3 is 2.75 bits per heavy atom. The zero-order valence-corrected chi connectivity index (χ0v) is 11.9. The number of ether oxygens (including phenoxy) is 1. The molecule has 0 aromatic carbocycles. The molecule has 1 fully saturated rings. The lowest BCUT2D eigenvalue weighted by molar-refractivity contribution is -0.142. The summed E-state index contributed by atoms with van der Waals surface area (Å²) in [5, 5.41) is 13.3. The first kappa shape index (κ1) is 14.5. The zero-order chi connectivity index (χ0) is 14.9. The van der Waals surface area contributed by atoms with E-state index in [-0.39, 0.29) is 19.1 Å². The molecule has 7 nitrogen and oxygen atoms in total. The molecule has 7 heteroatoms. The van der Waals surface area contributed by atoms with Gasteiger partial charge < -0.3 is 14.7 Å². The summed E-state index contributed by atoms with van der Waals surface area (Å²) in [6.07, 6.45) is 1.52. The van der Waals surface area contributed by atoms with E-state index in [9.17, 15) is 14.7 Å². The van der Waals surface area contributed by atoms with E-state index in [1.807, 2.05) is 13.8 Å². The maximum Gasteiger partial charge on any atom is 0.311 e. The molecule has 1 saturated heterocycles. The number of hydrogen-bond donors (Lipinski definition) is 1. The average molecular weight is 281 g/mol. The molecule has 2 rings (SSSR count). The van der Waals surface area contributed by atoms with Gasteiger partial charge in [-0.15, -0.1) is 0 Å². The molecule has 0 saturated carbocycles. The second-order valence-electron chi connectivity index (χ2n) is 4.91. The molecular formula is C13H19N3O4.